The fourth-order valence-electron chi connectivity index (χ4n) is 3.28. The number of carboxylic acids is 1. The summed E-state index contributed by atoms with van der Waals surface area (Å²) in [4.78, 5) is 24.8. The molecule has 0 spiro atoms. The summed E-state index contributed by atoms with van der Waals surface area (Å²) in [5, 5.41) is 13.3. The van der Waals surface area contributed by atoms with Crippen LogP contribution in [0.1, 0.15) is 44.0 Å². The van der Waals surface area contributed by atoms with Crippen LogP contribution in [0, 0.1) is 0 Å². The minimum absolute atomic E-state index is 0.127. The Bertz CT molecular complexity index is 862. The quantitative estimate of drug-likeness (QED) is 0.774. The number of amides is 1. The zero-order chi connectivity index (χ0) is 21.7. The first-order valence-electron chi connectivity index (χ1n) is 10.2. The number of hydrogen-bond donors (Lipinski definition) is 1. The smallest absolute Gasteiger partial charge is 0.410 e. The van der Waals surface area contributed by atoms with Crippen LogP contribution in [-0.4, -0.2) is 63.3 Å². The highest BCUT2D eigenvalue weighted by Gasteiger charge is 2.27. The molecule has 30 heavy (non-hydrogen) atoms. The van der Waals surface area contributed by atoms with Crippen molar-refractivity contribution in [2.45, 2.75) is 51.9 Å². The lowest BCUT2D eigenvalue weighted by molar-refractivity contribution is -0.0135. The molecule has 0 radical (unpaired) electrons. The maximum Gasteiger partial charge on any atom is 0.410 e. The second-order valence-electron chi connectivity index (χ2n) is 8.41. The van der Waals surface area contributed by atoms with Crippen LogP contribution >= 0.6 is 0 Å². The molecule has 1 fully saturated rings. The molecule has 1 amide bonds. The van der Waals surface area contributed by atoms with Crippen LogP contribution in [0.25, 0.3) is 11.1 Å². The van der Waals surface area contributed by atoms with Gasteiger partial charge in [0, 0.05) is 24.8 Å². The molecule has 1 aliphatic rings. The third-order valence-corrected chi connectivity index (χ3v) is 4.87. The van der Waals surface area contributed by atoms with Gasteiger partial charge in [-0.25, -0.2) is 9.59 Å². The van der Waals surface area contributed by atoms with E-state index in [1.54, 1.807) is 35.4 Å². The van der Waals surface area contributed by atoms with Crippen molar-refractivity contribution in [3.63, 3.8) is 0 Å². The van der Waals surface area contributed by atoms with Crippen LogP contribution < -0.4 is 0 Å². The van der Waals surface area contributed by atoms with Gasteiger partial charge in [0.2, 0.25) is 0 Å². The zero-order valence-corrected chi connectivity index (χ0v) is 17.7. The van der Waals surface area contributed by atoms with Crippen molar-refractivity contribution in [3.05, 3.63) is 42.2 Å². The van der Waals surface area contributed by atoms with E-state index in [-0.39, 0.29) is 17.8 Å². The van der Waals surface area contributed by atoms with Crippen molar-refractivity contribution >= 4 is 12.1 Å². The summed E-state index contributed by atoms with van der Waals surface area (Å²) in [5.41, 5.74) is 1.63. The maximum absolute atomic E-state index is 12.1. The summed E-state index contributed by atoms with van der Waals surface area (Å²) in [6.07, 6.45) is 5.13. The van der Waals surface area contributed by atoms with Gasteiger partial charge in [-0.15, -0.1) is 0 Å². The first kappa shape index (κ1) is 21.8. The van der Waals surface area contributed by atoms with Gasteiger partial charge in [0.25, 0.3) is 0 Å². The predicted octanol–water partition coefficient (Wildman–Crippen LogP) is 3.66. The zero-order valence-electron chi connectivity index (χ0n) is 17.7. The van der Waals surface area contributed by atoms with E-state index in [9.17, 15) is 9.59 Å². The molecule has 1 aliphatic heterocycles. The first-order chi connectivity index (χ1) is 14.2. The first-order valence-corrected chi connectivity index (χ1v) is 10.2. The Morgan fingerprint density at radius 3 is 2.40 bits per heavy atom. The Hall–Kier alpha value is -2.87. The molecule has 2 heterocycles. The Morgan fingerprint density at radius 1 is 1.13 bits per heavy atom. The SMILES string of the molecule is CC(C)(C)OC(=O)N1CCC(OCCn2cc(-c3ccc(C(=O)O)cc3)cn2)CC1. The van der Waals surface area contributed by atoms with Gasteiger partial charge in [0.15, 0.2) is 0 Å². The topological polar surface area (TPSA) is 93.9 Å². The van der Waals surface area contributed by atoms with Crippen LogP contribution in [0.5, 0.6) is 0 Å². The number of benzene rings is 1. The average Bonchev–Trinajstić information content (AvgIpc) is 3.16. The van der Waals surface area contributed by atoms with Gasteiger partial charge in [-0.3, -0.25) is 4.68 Å². The van der Waals surface area contributed by atoms with E-state index >= 15 is 0 Å². The summed E-state index contributed by atoms with van der Waals surface area (Å²) >= 11 is 0. The molecular formula is C22H29N3O5. The Balaban J connectivity index is 1.41. The lowest BCUT2D eigenvalue weighted by Crippen LogP contribution is -2.43. The number of aromatic carboxylic acids is 1. The molecule has 1 aromatic carbocycles. The normalized spacial score (nSPS) is 15.2. The van der Waals surface area contributed by atoms with Crippen LogP contribution in [0.15, 0.2) is 36.7 Å². The molecule has 2 aromatic rings. The van der Waals surface area contributed by atoms with Gasteiger partial charge < -0.3 is 19.5 Å². The summed E-state index contributed by atoms with van der Waals surface area (Å²) in [5.74, 6) is -0.939. The monoisotopic (exact) mass is 415 g/mol. The van der Waals surface area contributed by atoms with E-state index in [4.69, 9.17) is 14.6 Å². The molecule has 3 rings (SSSR count). The van der Waals surface area contributed by atoms with Crippen LogP contribution in [0.4, 0.5) is 4.79 Å². The minimum atomic E-state index is -0.939. The van der Waals surface area contributed by atoms with Crippen LogP contribution in [0.3, 0.4) is 0 Å². The highest BCUT2D eigenvalue weighted by molar-refractivity contribution is 5.88. The van der Waals surface area contributed by atoms with Gasteiger partial charge in [0.1, 0.15) is 5.60 Å². The number of carboxylic acid groups (broad SMARTS) is 1. The third-order valence-electron chi connectivity index (χ3n) is 4.87. The third kappa shape index (κ3) is 6.06. The molecule has 1 aromatic heterocycles. The standard InChI is InChI=1S/C22H29N3O5/c1-22(2,3)30-21(28)24-10-8-19(9-11-24)29-13-12-25-15-18(14-23-25)16-4-6-17(7-5-16)20(26)27/h4-7,14-15,19H,8-13H2,1-3H3,(H,26,27). The second kappa shape index (κ2) is 9.30. The Kier molecular flexibility index (Phi) is 6.77. The number of aromatic nitrogens is 2. The lowest BCUT2D eigenvalue weighted by Gasteiger charge is -2.33. The summed E-state index contributed by atoms with van der Waals surface area (Å²) in [6.45, 7) is 8.04. The van der Waals surface area contributed by atoms with Crippen molar-refractivity contribution in [3.8, 4) is 11.1 Å². The van der Waals surface area contributed by atoms with Crippen molar-refractivity contribution in [1.29, 1.82) is 0 Å². The van der Waals surface area contributed by atoms with E-state index in [1.807, 2.05) is 31.6 Å². The van der Waals surface area contributed by atoms with Crippen molar-refractivity contribution in [2.24, 2.45) is 0 Å². The van der Waals surface area contributed by atoms with Gasteiger partial charge in [-0.2, -0.15) is 5.10 Å². The van der Waals surface area contributed by atoms with Crippen LogP contribution in [-0.2, 0) is 16.0 Å². The highest BCUT2D eigenvalue weighted by atomic mass is 16.6. The number of ether oxygens (including phenoxy) is 2. The van der Waals surface area contributed by atoms with Gasteiger partial charge in [-0.05, 0) is 51.3 Å². The van der Waals surface area contributed by atoms with E-state index < -0.39 is 11.6 Å². The fourth-order valence-corrected chi connectivity index (χ4v) is 3.28. The van der Waals surface area contributed by atoms with E-state index in [0.717, 1.165) is 24.0 Å². The number of rotatable bonds is 6. The number of carbonyl (C=O) groups excluding carboxylic acids is 1. The van der Waals surface area contributed by atoms with Crippen LogP contribution in [0.2, 0.25) is 0 Å². The molecule has 1 N–H and O–H groups in total. The van der Waals surface area contributed by atoms with Gasteiger partial charge in [-0.1, -0.05) is 12.1 Å². The number of carbonyl (C=O) groups is 2. The molecule has 0 aliphatic carbocycles. The molecule has 8 nitrogen and oxygen atoms in total. The highest BCUT2D eigenvalue weighted by Crippen LogP contribution is 2.20. The van der Waals surface area contributed by atoms with Gasteiger partial charge >= 0.3 is 12.1 Å². The summed E-state index contributed by atoms with van der Waals surface area (Å²) in [6, 6.07) is 6.73. The van der Waals surface area contributed by atoms with E-state index in [2.05, 4.69) is 5.10 Å². The van der Waals surface area contributed by atoms with E-state index in [0.29, 0.717) is 26.2 Å². The molecule has 0 bridgehead atoms. The van der Waals surface area contributed by atoms with Gasteiger partial charge in [0.05, 0.1) is 31.0 Å². The molecule has 1 saturated heterocycles. The molecule has 0 unspecified atom stereocenters. The number of nitrogens with zero attached hydrogens (tertiary/aromatic N) is 3. The summed E-state index contributed by atoms with van der Waals surface area (Å²) < 4.78 is 13.2. The second-order valence-corrected chi connectivity index (χ2v) is 8.41. The minimum Gasteiger partial charge on any atom is -0.478 e. The van der Waals surface area contributed by atoms with Crippen molar-refractivity contribution < 1.29 is 24.2 Å². The summed E-state index contributed by atoms with van der Waals surface area (Å²) in [7, 11) is 0. The molecule has 0 saturated carbocycles. The number of piperidine rings is 1. The predicted molar refractivity (Wildman–Crippen MR) is 111 cm³/mol. The molecular weight excluding hydrogens is 386 g/mol. The Morgan fingerprint density at radius 2 is 1.80 bits per heavy atom. The lowest BCUT2D eigenvalue weighted by atomic mass is 10.1. The molecule has 8 heteroatoms. The fraction of sp³-hybridized carbons (Fsp3) is 0.500. The number of likely N-dealkylation sites (tertiary alicyclic amines) is 1. The average molecular weight is 415 g/mol. The largest absolute Gasteiger partial charge is 0.478 e. The molecule has 0 atom stereocenters. The Labute approximate surface area is 176 Å². The molecule has 162 valence electrons. The van der Waals surface area contributed by atoms with Crippen molar-refractivity contribution in [1.82, 2.24) is 14.7 Å². The van der Waals surface area contributed by atoms with E-state index in [1.165, 1.54) is 0 Å². The van der Waals surface area contributed by atoms with Crippen molar-refractivity contribution in [2.75, 3.05) is 19.7 Å². The maximum atomic E-state index is 12.1. The number of hydrogen-bond acceptors (Lipinski definition) is 5.